The topological polar surface area (TPSA) is 79.1 Å². The largest absolute Gasteiger partial charge is 0.496 e. The molecule has 4 aromatic carbocycles. The van der Waals surface area contributed by atoms with Gasteiger partial charge < -0.3 is 14.2 Å². The number of ketones is 1. The van der Waals surface area contributed by atoms with Crippen LogP contribution in [0.3, 0.4) is 0 Å². The van der Waals surface area contributed by atoms with Crippen molar-refractivity contribution in [3.63, 3.8) is 0 Å². The number of ether oxygens (including phenoxy) is 3. The van der Waals surface area contributed by atoms with E-state index in [1.807, 2.05) is 42.5 Å². The number of fused-ring (bicyclic) bond motifs is 2. The second-order valence-corrected chi connectivity index (χ2v) is 11.4. The Morgan fingerprint density at radius 2 is 1.70 bits per heavy atom. The van der Waals surface area contributed by atoms with E-state index in [0.717, 1.165) is 27.5 Å². The van der Waals surface area contributed by atoms with E-state index in [2.05, 4.69) is 0 Å². The minimum atomic E-state index is -0.719. The molecule has 222 valence electrons. The van der Waals surface area contributed by atoms with E-state index in [-0.39, 0.29) is 23.8 Å². The number of hydrogen-bond donors (Lipinski definition) is 0. The molecular weight excluding hydrogens is 579 g/mol. The SMILES string of the molecule is COc1cc(/C=c2/sc3n(c2=O)[C@H](c2c(OC)ccc4ccccc24)C(C(C)=O)=C(C)N=3)ccc1OCc1ccc(F)cc1. The molecule has 0 bridgehead atoms. The van der Waals surface area contributed by atoms with E-state index in [4.69, 9.17) is 19.2 Å². The minimum absolute atomic E-state index is 0.165. The maximum atomic E-state index is 14.1. The van der Waals surface area contributed by atoms with Crippen molar-refractivity contribution < 1.29 is 23.4 Å². The fourth-order valence-electron chi connectivity index (χ4n) is 5.57. The first-order chi connectivity index (χ1) is 21.3. The maximum Gasteiger partial charge on any atom is 0.271 e. The summed E-state index contributed by atoms with van der Waals surface area (Å²) < 4.78 is 32.6. The summed E-state index contributed by atoms with van der Waals surface area (Å²) in [6.45, 7) is 3.54. The molecular formula is C35H29FN2O5S. The zero-order valence-corrected chi connectivity index (χ0v) is 25.4. The van der Waals surface area contributed by atoms with E-state index in [1.54, 1.807) is 56.1 Å². The average molecular weight is 609 g/mol. The van der Waals surface area contributed by atoms with Gasteiger partial charge in [0.05, 0.1) is 24.8 Å². The van der Waals surface area contributed by atoms with E-state index < -0.39 is 6.04 Å². The minimum Gasteiger partial charge on any atom is -0.496 e. The van der Waals surface area contributed by atoms with Crippen LogP contribution in [-0.2, 0) is 11.4 Å². The number of allylic oxidation sites excluding steroid dienone is 2. The molecule has 0 amide bonds. The molecule has 1 atom stereocenters. The quantitative estimate of drug-likeness (QED) is 0.226. The van der Waals surface area contributed by atoms with Crippen molar-refractivity contribution in [3.8, 4) is 17.2 Å². The van der Waals surface area contributed by atoms with Crippen LogP contribution in [0.1, 0.15) is 36.6 Å². The second kappa shape index (κ2) is 11.9. The molecule has 2 heterocycles. The number of Topliss-reactive ketones (excluding diaryl/α,β-unsaturated/α-hetero) is 1. The number of benzene rings is 4. The molecule has 9 heteroatoms. The van der Waals surface area contributed by atoms with Crippen molar-refractivity contribution in [2.75, 3.05) is 14.2 Å². The van der Waals surface area contributed by atoms with Crippen molar-refractivity contribution in [1.29, 1.82) is 0 Å². The molecule has 0 saturated heterocycles. The highest BCUT2D eigenvalue weighted by Gasteiger charge is 2.33. The van der Waals surface area contributed by atoms with Gasteiger partial charge in [0.15, 0.2) is 22.1 Å². The first-order valence-corrected chi connectivity index (χ1v) is 14.7. The van der Waals surface area contributed by atoms with Gasteiger partial charge in [0.1, 0.15) is 18.2 Å². The molecule has 0 saturated carbocycles. The van der Waals surface area contributed by atoms with Crippen LogP contribution in [0, 0.1) is 5.82 Å². The van der Waals surface area contributed by atoms with Gasteiger partial charge in [-0.2, -0.15) is 0 Å². The van der Waals surface area contributed by atoms with Gasteiger partial charge in [-0.1, -0.05) is 59.9 Å². The highest BCUT2D eigenvalue weighted by molar-refractivity contribution is 7.07. The molecule has 7 nitrogen and oxygen atoms in total. The number of hydrogen-bond acceptors (Lipinski definition) is 7. The molecule has 0 unspecified atom stereocenters. The molecule has 0 radical (unpaired) electrons. The summed E-state index contributed by atoms with van der Waals surface area (Å²) >= 11 is 1.26. The van der Waals surface area contributed by atoms with Crippen molar-refractivity contribution in [2.24, 2.45) is 4.99 Å². The van der Waals surface area contributed by atoms with Crippen LogP contribution in [0.5, 0.6) is 17.2 Å². The third-order valence-corrected chi connectivity index (χ3v) is 8.60. The van der Waals surface area contributed by atoms with Crippen LogP contribution in [0.25, 0.3) is 16.8 Å². The lowest BCUT2D eigenvalue weighted by Crippen LogP contribution is -2.39. The predicted octanol–water partition coefficient (Wildman–Crippen LogP) is 5.71. The van der Waals surface area contributed by atoms with Crippen molar-refractivity contribution in [2.45, 2.75) is 26.5 Å². The molecule has 0 N–H and O–H groups in total. The van der Waals surface area contributed by atoms with Gasteiger partial charge >= 0.3 is 0 Å². The van der Waals surface area contributed by atoms with Crippen LogP contribution >= 0.6 is 11.3 Å². The fraction of sp³-hybridized carbons (Fsp3) is 0.171. The van der Waals surface area contributed by atoms with E-state index in [0.29, 0.717) is 37.9 Å². The Balaban J connectivity index is 1.46. The number of nitrogens with zero attached hydrogens (tertiary/aromatic N) is 2. The Morgan fingerprint density at radius 1 is 0.977 bits per heavy atom. The summed E-state index contributed by atoms with van der Waals surface area (Å²) in [7, 11) is 3.13. The van der Waals surface area contributed by atoms with Gasteiger partial charge in [-0.3, -0.25) is 14.2 Å². The Labute approximate surface area is 256 Å². The number of thiazole rings is 1. The predicted molar refractivity (Wildman–Crippen MR) is 169 cm³/mol. The lowest BCUT2D eigenvalue weighted by Gasteiger charge is -2.27. The van der Waals surface area contributed by atoms with Crippen molar-refractivity contribution >= 4 is 34.0 Å². The highest BCUT2D eigenvalue weighted by Crippen LogP contribution is 2.40. The molecule has 0 aliphatic carbocycles. The zero-order valence-electron chi connectivity index (χ0n) is 24.6. The van der Waals surface area contributed by atoms with E-state index in [1.165, 1.54) is 30.4 Å². The number of aromatic nitrogens is 1. The molecule has 1 aliphatic rings. The van der Waals surface area contributed by atoms with Crippen molar-refractivity contribution in [3.05, 3.63) is 132 Å². The summed E-state index contributed by atoms with van der Waals surface area (Å²) in [6.07, 6.45) is 1.78. The first kappa shape index (κ1) is 29.1. The normalized spacial score (nSPS) is 14.8. The maximum absolute atomic E-state index is 14.1. The smallest absolute Gasteiger partial charge is 0.271 e. The van der Waals surface area contributed by atoms with Gasteiger partial charge in [0, 0.05) is 16.8 Å². The summed E-state index contributed by atoms with van der Waals surface area (Å²) in [5, 5.41) is 1.86. The van der Waals surface area contributed by atoms with Crippen LogP contribution in [0.2, 0.25) is 0 Å². The Kier molecular flexibility index (Phi) is 7.88. The highest BCUT2D eigenvalue weighted by atomic mass is 32.1. The monoisotopic (exact) mass is 608 g/mol. The number of carbonyl (C=O) groups excluding carboxylic acids is 1. The number of methoxy groups -OCH3 is 2. The zero-order chi connectivity index (χ0) is 31.0. The van der Waals surface area contributed by atoms with E-state index >= 15 is 0 Å². The molecule has 1 aromatic heterocycles. The molecule has 0 spiro atoms. The van der Waals surface area contributed by atoms with Gasteiger partial charge in [-0.15, -0.1) is 0 Å². The Morgan fingerprint density at radius 3 is 2.43 bits per heavy atom. The standard InChI is InChI=1S/C35H29FN2O5S/c1-20-31(21(2)39)33(32-26-8-6-5-7-24(26)12-16-28(32)41-3)38-34(40)30(44-35(38)37-20)18-23-11-15-27(29(17-23)42-4)43-19-22-9-13-25(36)14-10-22/h5-18,33H,19H2,1-4H3/b30-18+/t33-/m0/s1. The van der Waals surface area contributed by atoms with Crippen molar-refractivity contribution in [1.82, 2.24) is 4.57 Å². The number of carbonyl (C=O) groups is 1. The summed E-state index contributed by atoms with van der Waals surface area (Å²) in [6, 6.07) is 22.4. The second-order valence-electron chi connectivity index (χ2n) is 10.4. The third-order valence-electron chi connectivity index (χ3n) is 7.62. The fourth-order valence-corrected chi connectivity index (χ4v) is 6.61. The number of halogens is 1. The third kappa shape index (κ3) is 5.31. The van der Waals surface area contributed by atoms with Crippen LogP contribution in [0.15, 0.2) is 99.9 Å². The van der Waals surface area contributed by atoms with Crippen LogP contribution in [0.4, 0.5) is 4.39 Å². The Hall–Kier alpha value is -5.02. The number of rotatable bonds is 8. The molecule has 5 aromatic rings. The van der Waals surface area contributed by atoms with E-state index in [9.17, 15) is 14.0 Å². The molecule has 0 fully saturated rings. The van der Waals surface area contributed by atoms with Gasteiger partial charge in [0.25, 0.3) is 5.56 Å². The average Bonchev–Trinajstić information content (AvgIpc) is 3.33. The van der Waals surface area contributed by atoms with Crippen LogP contribution < -0.4 is 29.1 Å². The lowest BCUT2D eigenvalue weighted by atomic mass is 9.89. The molecule has 6 rings (SSSR count). The lowest BCUT2D eigenvalue weighted by molar-refractivity contribution is -0.114. The molecule has 44 heavy (non-hydrogen) atoms. The summed E-state index contributed by atoms with van der Waals surface area (Å²) in [5.41, 5.74) is 3.02. The van der Waals surface area contributed by atoms with Gasteiger partial charge in [-0.25, -0.2) is 9.38 Å². The van der Waals surface area contributed by atoms with Gasteiger partial charge in [-0.05, 0) is 72.2 Å². The summed E-state index contributed by atoms with van der Waals surface area (Å²) in [5.74, 6) is 1.11. The Bertz CT molecular complexity index is 2130. The van der Waals surface area contributed by atoms with Crippen LogP contribution in [-0.4, -0.2) is 24.6 Å². The molecule has 1 aliphatic heterocycles. The van der Waals surface area contributed by atoms with Gasteiger partial charge in [0.2, 0.25) is 0 Å². The summed E-state index contributed by atoms with van der Waals surface area (Å²) in [4.78, 5) is 32.4. The first-order valence-electron chi connectivity index (χ1n) is 13.9.